The lowest BCUT2D eigenvalue weighted by Gasteiger charge is -2.32. The molecule has 2 amide bonds. The topological polar surface area (TPSA) is 58.6 Å². The Morgan fingerprint density at radius 2 is 1.97 bits per heavy atom. The van der Waals surface area contributed by atoms with Gasteiger partial charge in [0.25, 0.3) is 0 Å². The van der Waals surface area contributed by atoms with Gasteiger partial charge in [0.05, 0.1) is 13.0 Å². The second-order valence-electron chi connectivity index (χ2n) is 7.74. The smallest absolute Gasteiger partial charge is 0.224 e. The highest BCUT2D eigenvalue weighted by atomic mass is 16.5. The van der Waals surface area contributed by atoms with Crippen molar-refractivity contribution in [3.8, 4) is 5.75 Å². The normalized spacial score (nSPS) is 16.6. The molecule has 0 bridgehead atoms. The first-order chi connectivity index (χ1) is 14.0. The summed E-state index contributed by atoms with van der Waals surface area (Å²) in [6.07, 6.45) is 2.91. The van der Waals surface area contributed by atoms with Crippen molar-refractivity contribution in [1.29, 1.82) is 0 Å². The summed E-state index contributed by atoms with van der Waals surface area (Å²) in [6, 6.07) is 16.2. The molecule has 0 unspecified atom stereocenters. The molecule has 5 heteroatoms. The van der Waals surface area contributed by atoms with E-state index in [1.54, 1.807) is 12.0 Å². The molecular weight excluding hydrogens is 364 g/mol. The Hall–Kier alpha value is -2.82. The van der Waals surface area contributed by atoms with Gasteiger partial charge in [-0.05, 0) is 49.4 Å². The van der Waals surface area contributed by atoms with Crippen LogP contribution in [0.2, 0.25) is 0 Å². The number of hydrogen-bond donors (Lipinski definition) is 1. The minimum Gasteiger partial charge on any atom is -0.497 e. The van der Waals surface area contributed by atoms with E-state index in [1.165, 1.54) is 11.1 Å². The molecule has 154 valence electrons. The molecule has 1 N–H and O–H groups in total. The van der Waals surface area contributed by atoms with E-state index in [9.17, 15) is 9.59 Å². The molecule has 29 heavy (non-hydrogen) atoms. The Morgan fingerprint density at radius 3 is 2.72 bits per heavy atom. The van der Waals surface area contributed by atoms with Gasteiger partial charge in [0.2, 0.25) is 11.8 Å². The first-order valence-electron chi connectivity index (χ1n) is 10.3. The quantitative estimate of drug-likeness (QED) is 0.697. The van der Waals surface area contributed by atoms with Crippen LogP contribution in [-0.2, 0) is 22.6 Å². The molecule has 1 atom stereocenters. The molecule has 0 spiro atoms. The number of likely N-dealkylation sites (tertiary alicyclic amines) is 1. The van der Waals surface area contributed by atoms with Gasteiger partial charge in [-0.1, -0.05) is 42.0 Å². The molecule has 0 saturated carbocycles. The molecule has 2 aromatic rings. The first kappa shape index (κ1) is 20.9. The fourth-order valence-electron chi connectivity index (χ4n) is 3.68. The Bertz CT molecular complexity index is 832. The van der Waals surface area contributed by atoms with Crippen LogP contribution in [0.1, 0.15) is 36.0 Å². The number of aryl methyl sites for hydroxylation is 2. The number of benzene rings is 2. The molecule has 0 radical (unpaired) electrons. The van der Waals surface area contributed by atoms with E-state index in [4.69, 9.17) is 4.74 Å². The number of methoxy groups -OCH3 is 1. The van der Waals surface area contributed by atoms with E-state index in [0.29, 0.717) is 32.5 Å². The zero-order chi connectivity index (χ0) is 20.6. The maximum atomic E-state index is 12.6. The van der Waals surface area contributed by atoms with E-state index in [2.05, 4.69) is 36.5 Å². The van der Waals surface area contributed by atoms with E-state index in [0.717, 1.165) is 24.2 Å². The van der Waals surface area contributed by atoms with Crippen molar-refractivity contribution < 1.29 is 14.3 Å². The Balaban J connectivity index is 1.46. The minimum absolute atomic E-state index is 0.0528. The van der Waals surface area contributed by atoms with Crippen molar-refractivity contribution in [3.63, 3.8) is 0 Å². The van der Waals surface area contributed by atoms with Gasteiger partial charge < -0.3 is 15.0 Å². The van der Waals surface area contributed by atoms with Crippen molar-refractivity contribution in [2.75, 3.05) is 20.2 Å². The molecule has 0 aromatic heterocycles. The molecule has 0 aliphatic carbocycles. The van der Waals surface area contributed by atoms with Gasteiger partial charge in [0.15, 0.2) is 0 Å². The van der Waals surface area contributed by atoms with Crippen molar-refractivity contribution in [1.82, 2.24) is 10.2 Å². The summed E-state index contributed by atoms with van der Waals surface area (Å²) in [6.45, 7) is 3.72. The van der Waals surface area contributed by atoms with E-state index < -0.39 is 0 Å². The highest BCUT2D eigenvalue weighted by Gasteiger charge is 2.30. The van der Waals surface area contributed by atoms with Crippen LogP contribution in [0.3, 0.4) is 0 Å². The number of carbonyl (C=O) groups is 2. The molecule has 2 aromatic carbocycles. The van der Waals surface area contributed by atoms with Gasteiger partial charge in [-0.2, -0.15) is 0 Å². The minimum atomic E-state index is -0.141. The van der Waals surface area contributed by atoms with Crippen molar-refractivity contribution >= 4 is 11.8 Å². The largest absolute Gasteiger partial charge is 0.497 e. The number of rotatable bonds is 8. The number of hydrogen-bond acceptors (Lipinski definition) is 3. The van der Waals surface area contributed by atoms with Crippen LogP contribution < -0.4 is 10.1 Å². The number of amides is 2. The lowest BCUT2D eigenvalue weighted by molar-refractivity contribution is -0.138. The van der Waals surface area contributed by atoms with Gasteiger partial charge in [-0.25, -0.2) is 0 Å². The average molecular weight is 395 g/mol. The van der Waals surface area contributed by atoms with E-state index in [-0.39, 0.29) is 17.7 Å². The molecule has 1 aliphatic rings. The Morgan fingerprint density at radius 1 is 1.17 bits per heavy atom. The summed E-state index contributed by atoms with van der Waals surface area (Å²) >= 11 is 0. The molecular formula is C24H30N2O3. The second kappa shape index (κ2) is 10.1. The van der Waals surface area contributed by atoms with Crippen LogP contribution in [0, 0.1) is 12.8 Å². The highest BCUT2D eigenvalue weighted by molar-refractivity contribution is 5.83. The maximum Gasteiger partial charge on any atom is 0.224 e. The van der Waals surface area contributed by atoms with Gasteiger partial charge in [-0.15, -0.1) is 0 Å². The fourth-order valence-corrected chi connectivity index (χ4v) is 3.68. The predicted molar refractivity (Wildman–Crippen MR) is 114 cm³/mol. The number of carbonyl (C=O) groups excluding carboxylic acids is 2. The van der Waals surface area contributed by atoms with Gasteiger partial charge >= 0.3 is 0 Å². The van der Waals surface area contributed by atoms with Crippen LogP contribution in [-0.4, -0.2) is 36.9 Å². The van der Waals surface area contributed by atoms with Crippen LogP contribution in [0.15, 0.2) is 48.5 Å². The van der Waals surface area contributed by atoms with E-state index >= 15 is 0 Å². The molecule has 5 nitrogen and oxygen atoms in total. The average Bonchev–Trinajstić information content (AvgIpc) is 2.74. The maximum absolute atomic E-state index is 12.6. The standard InChI is InChI=1S/C24H30N2O3/c1-18-8-10-19(11-9-18)6-4-14-25-24(28)21-12-13-23(27)26(17-21)16-20-5-3-7-22(15-20)29-2/h3,5,7-11,15,21H,4,6,12-14,16-17H2,1-2H3,(H,25,28)/t21-/m1/s1. The van der Waals surface area contributed by atoms with Crippen LogP contribution in [0.4, 0.5) is 0 Å². The summed E-state index contributed by atoms with van der Waals surface area (Å²) in [5, 5.41) is 3.05. The third-order valence-electron chi connectivity index (χ3n) is 5.44. The predicted octanol–water partition coefficient (Wildman–Crippen LogP) is 3.49. The lowest BCUT2D eigenvalue weighted by Crippen LogP contribution is -2.45. The fraction of sp³-hybridized carbons (Fsp3) is 0.417. The number of piperidine rings is 1. The molecule has 3 rings (SSSR count). The van der Waals surface area contributed by atoms with Gasteiger partial charge in [-0.3, -0.25) is 9.59 Å². The van der Waals surface area contributed by atoms with Crippen molar-refractivity contribution in [3.05, 3.63) is 65.2 Å². The van der Waals surface area contributed by atoms with Gasteiger partial charge in [0, 0.05) is 26.1 Å². The van der Waals surface area contributed by atoms with Crippen LogP contribution >= 0.6 is 0 Å². The molecule has 1 aliphatic heterocycles. The Kier molecular flexibility index (Phi) is 7.28. The lowest BCUT2D eigenvalue weighted by atomic mass is 9.96. The number of nitrogens with one attached hydrogen (secondary N) is 1. The van der Waals surface area contributed by atoms with E-state index in [1.807, 2.05) is 24.3 Å². The third kappa shape index (κ3) is 6.08. The first-order valence-corrected chi connectivity index (χ1v) is 10.3. The molecule has 1 fully saturated rings. The summed E-state index contributed by atoms with van der Waals surface area (Å²) in [4.78, 5) is 26.7. The highest BCUT2D eigenvalue weighted by Crippen LogP contribution is 2.21. The summed E-state index contributed by atoms with van der Waals surface area (Å²) < 4.78 is 5.26. The number of ether oxygens (including phenoxy) is 1. The zero-order valence-electron chi connectivity index (χ0n) is 17.3. The third-order valence-corrected chi connectivity index (χ3v) is 5.44. The van der Waals surface area contributed by atoms with Crippen LogP contribution in [0.5, 0.6) is 5.75 Å². The SMILES string of the molecule is COc1cccc(CN2C[C@H](C(=O)NCCCc3ccc(C)cc3)CCC2=O)c1. The molecule has 1 heterocycles. The van der Waals surface area contributed by atoms with Crippen molar-refractivity contribution in [2.45, 2.75) is 39.2 Å². The summed E-state index contributed by atoms with van der Waals surface area (Å²) in [5.74, 6) is 0.792. The Labute approximate surface area is 173 Å². The van der Waals surface area contributed by atoms with Crippen LogP contribution in [0.25, 0.3) is 0 Å². The second-order valence-corrected chi connectivity index (χ2v) is 7.74. The molecule has 1 saturated heterocycles. The monoisotopic (exact) mass is 394 g/mol. The van der Waals surface area contributed by atoms with Gasteiger partial charge in [0.1, 0.15) is 5.75 Å². The summed E-state index contributed by atoms with van der Waals surface area (Å²) in [7, 11) is 1.63. The zero-order valence-corrected chi connectivity index (χ0v) is 17.3. The summed E-state index contributed by atoms with van der Waals surface area (Å²) in [5.41, 5.74) is 3.56. The van der Waals surface area contributed by atoms with Crippen molar-refractivity contribution in [2.24, 2.45) is 5.92 Å². The number of nitrogens with zero attached hydrogens (tertiary/aromatic N) is 1.